The van der Waals surface area contributed by atoms with Crippen LogP contribution in [-0.4, -0.2) is 18.5 Å². The molecule has 0 radical (unpaired) electrons. The largest absolute Gasteiger partial charge is 0.329 e. The molecule has 0 amide bonds. The van der Waals surface area contributed by atoms with Gasteiger partial charge in [-0.1, -0.05) is 34.1 Å². The first-order chi connectivity index (χ1) is 10.0. The van der Waals surface area contributed by atoms with Gasteiger partial charge in [-0.15, -0.1) is 0 Å². The van der Waals surface area contributed by atoms with Crippen LogP contribution in [0.15, 0.2) is 46.9 Å². The SMILES string of the molecule is CN(Cc1cccc(Br)c1)C(CN)c1ccc(F)c(F)c1. The molecular weight excluding hydrogens is 338 g/mol. The third-order valence-electron chi connectivity index (χ3n) is 3.40. The number of benzene rings is 2. The van der Waals surface area contributed by atoms with E-state index in [4.69, 9.17) is 5.73 Å². The van der Waals surface area contributed by atoms with E-state index in [0.29, 0.717) is 18.7 Å². The summed E-state index contributed by atoms with van der Waals surface area (Å²) in [7, 11) is 1.92. The van der Waals surface area contributed by atoms with Crippen LogP contribution >= 0.6 is 15.9 Å². The van der Waals surface area contributed by atoms with Gasteiger partial charge in [0.15, 0.2) is 11.6 Å². The normalized spacial score (nSPS) is 12.7. The van der Waals surface area contributed by atoms with Gasteiger partial charge in [-0.05, 0) is 42.4 Å². The van der Waals surface area contributed by atoms with Crippen molar-refractivity contribution in [1.29, 1.82) is 0 Å². The van der Waals surface area contributed by atoms with Gasteiger partial charge in [0.1, 0.15) is 0 Å². The molecule has 0 aromatic heterocycles. The average molecular weight is 355 g/mol. The van der Waals surface area contributed by atoms with Crippen molar-refractivity contribution >= 4 is 15.9 Å². The smallest absolute Gasteiger partial charge is 0.159 e. The second-order valence-electron chi connectivity index (χ2n) is 4.97. The number of hydrogen-bond acceptors (Lipinski definition) is 2. The molecule has 1 atom stereocenters. The predicted octanol–water partition coefficient (Wildman–Crippen LogP) is 3.86. The highest BCUT2D eigenvalue weighted by atomic mass is 79.9. The van der Waals surface area contributed by atoms with Gasteiger partial charge in [0.05, 0.1) is 0 Å². The van der Waals surface area contributed by atoms with E-state index in [-0.39, 0.29) is 6.04 Å². The van der Waals surface area contributed by atoms with E-state index in [0.717, 1.165) is 16.1 Å². The van der Waals surface area contributed by atoms with Crippen LogP contribution in [0.25, 0.3) is 0 Å². The van der Waals surface area contributed by atoms with Crippen molar-refractivity contribution in [3.8, 4) is 0 Å². The molecule has 2 aromatic carbocycles. The zero-order chi connectivity index (χ0) is 15.4. The number of halogens is 3. The fraction of sp³-hybridized carbons (Fsp3) is 0.250. The third-order valence-corrected chi connectivity index (χ3v) is 3.90. The first-order valence-corrected chi connectivity index (χ1v) is 7.40. The van der Waals surface area contributed by atoms with E-state index in [9.17, 15) is 8.78 Å². The lowest BCUT2D eigenvalue weighted by Crippen LogP contribution is -2.30. The van der Waals surface area contributed by atoms with E-state index in [1.807, 2.05) is 36.2 Å². The molecule has 0 saturated heterocycles. The molecule has 2 aromatic rings. The monoisotopic (exact) mass is 354 g/mol. The van der Waals surface area contributed by atoms with Gasteiger partial charge < -0.3 is 5.73 Å². The molecule has 5 heteroatoms. The van der Waals surface area contributed by atoms with Crippen molar-refractivity contribution < 1.29 is 8.78 Å². The Labute approximate surface area is 131 Å². The lowest BCUT2D eigenvalue weighted by atomic mass is 10.0. The fourth-order valence-corrected chi connectivity index (χ4v) is 2.77. The minimum atomic E-state index is -0.846. The molecule has 2 rings (SSSR count). The maximum absolute atomic E-state index is 13.4. The Morgan fingerprint density at radius 3 is 2.52 bits per heavy atom. The van der Waals surface area contributed by atoms with Gasteiger partial charge in [-0.2, -0.15) is 0 Å². The molecule has 112 valence electrons. The summed E-state index contributed by atoms with van der Waals surface area (Å²) in [5.41, 5.74) is 7.60. The summed E-state index contributed by atoms with van der Waals surface area (Å²) in [5.74, 6) is -1.69. The standard InChI is InChI=1S/C16H17BrF2N2/c1-21(10-11-3-2-4-13(17)7-11)16(9-20)12-5-6-14(18)15(19)8-12/h2-8,16H,9-10,20H2,1H3. The van der Waals surface area contributed by atoms with E-state index in [1.54, 1.807) is 6.07 Å². The summed E-state index contributed by atoms with van der Waals surface area (Å²) in [6.45, 7) is 0.996. The Hall–Kier alpha value is -1.30. The van der Waals surface area contributed by atoms with Crippen LogP contribution < -0.4 is 5.73 Å². The molecule has 2 nitrogen and oxygen atoms in total. The molecule has 0 heterocycles. The zero-order valence-electron chi connectivity index (χ0n) is 11.7. The van der Waals surface area contributed by atoms with E-state index >= 15 is 0 Å². The first kappa shape index (κ1) is 16.1. The molecule has 2 N–H and O–H groups in total. The van der Waals surface area contributed by atoms with Crippen LogP contribution in [0, 0.1) is 11.6 Å². The van der Waals surface area contributed by atoms with Crippen LogP contribution in [0.3, 0.4) is 0 Å². The number of hydrogen-bond donors (Lipinski definition) is 1. The van der Waals surface area contributed by atoms with Crippen molar-refractivity contribution in [3.63, 3.8) is 0 Å². The van der Waals surface area contributed by atoms with Gasteiger partial charge in [0, 0.05) is 23.6 Å². The Morgan fingerprint density at radius 1 is 1.14 bits per heavy atom. The van der Waals surface area contributed by atoms with Crippen molar-refractivity contribution in [2.75, 3.05) is 13.6 Å². The van der Waals surface area contributed by atoms with E-state index in [1.165, 1.54) is 6.07 Å². The van der Waals surface area contributed by atoms with E-state index in [2.05, 4.69) is 15.9 Å². The summed E-state index contributed by atoms with van der Waals surface area (Å²) >= 11 is 3.43. The summed E-state index contributed by atoms with van der Waals surface area (Å²) in [4.78, 5) is 2.02. The number of rotatable bonds is 5. The van der Waals surface area contributed by atoms with Crippen LogP contribution in [-0.2, 0) is 6.54 Å². The number of nitrogens with zero attached hydrogens (tertiary/aromatic N) is 1. The summed E-state index contributed by atoms with van der Waals surface area (Å²) < 4.78 is 27.4. The summed E-state index contributed by atoms with van der Waals surface area (Å²) in [5, 5.41) is 0. The number of likely N-dealkylation sites (N-methyl/N-ethyl adjacent to an activating group) is 1. The molecular formula is C16H17BrF2N2. The Balaban J connectivity index is 2.18. The summed E-state index contributed by atoms with van der Waals surface area (Å²) in [6, 6.07) is 11.7. The van der Waals surface area contributed by atoms with Crippen LogP contribution in [0.5, 0.6) is 0 Å². The molecule has 0 fully saturated rings. The molecule has 0 spiro atoms. The highest BCUT2D eigenvalue weighted by Gasteiger charge is 2.17. The van der Waals surface area contributed by atoms with Crippen molar-refractivity contribution in [1.82, 2.24) is 4.90 Å². The third kappa shape index (κ3) is 4.09. The second kappa shape index (κ2) is 7.11. The Kier molecular flexibility index (Phi) is 5.45. The maximum atomic E-state index is 13.4. The topological polar surface area (TPSA) is 29.3 Å². The van der Waals surface area contributed by atoms with E-state index < -0.39 is 11.6 Å². The molecule has 0 aliphatic heterocycles. The predicted molar refractivity (Wildman–Crippen MR) is 83.8 cm³/mol. The summed E-state index contributed by atoms with van der Waals surface area (Å²) in [6.07, 6.45) is 0. The van der Waals surface area contributed by atoms with Gasteiger partial charge in [-0.3, -0.25) is 4.90 Å². The van der Waals surface area contributed by atoms with Crippen molar-refractivity contribution in [3.05, 3.63) is 69.7 Å². The van der Waals surface area contributed by atoms with Gasteiger partial charge in [0.2, 0.25) is 0 Å². The molecule has 21 heavy (non-hydrogen) atoms. The Bertz CT molecular complexity index is 619. The van der Waals surface area contributed by atoms with Gasteiger partial charge >= 0.3 is 0 Å². The molecule has 0 saturated carbocycles. The van der Waals surface area contributed by atoms with Crippen LogP contribution in [0.1, 0.15) is 17.2 Å². The second-order valence-corrected chi connectivity index (χ2v) is 5.89. The molecule has 0 aliphatic rings. The minimum Gasteiger partial charge on any atom is -0.329 e. The maximum Gasteiger partial charge on any atom is 0.159 e. The van der Waals surface area contributed by atoms with Gasteiger partial charge in [-0.25, -0.2) is 8.78 Å². The molecule has 1 unspecified atom stereocenters. The highest BCUT2D eigenvalue weighted by Crippen LogP contribution is 2.23. The highest BCUT2D eigenvalue weighted by molar-refractivity contribution is 9.10. The zero-order valence-corrected chi connectivity index (χ0v) is 13.3. The Morgan fingerprint density at radius 2 is 1.90 bits per heavy atom. The lowest BCUT2D eigenvalue weighted by molar-refractivity contribution is 0.241. The molecule has 0 bridgehead atoms. The minimum absolute atomic E-state index is 0.168. The quantitative estimate of drug-likeness (QED) is 0.883. The first-order valence-electron chi connectivity index (χ1n) is 6.61. The number of nitrogens with two attached hydrogens (primary N) is 1. The molecule has 0 aliphatic carbocycles. The average Bonchev–Trinajstić information content (AvgIpc) is 2.43. The van der Waals surface area contributed by atoms with Crippen LogP contribution in [0.4, 0.5) is 8.78 Å². The lowest BCUT2D eigenvalue weighted by Gasteiger charge is -2.27. The van der Waals surface area contributed by atoms with Gasteiger partial charge in [0.25, 0.3) is 0 Å². The van der Waals surface area contributed by atoms with Crippen LogP contribution in [0.2, 0.25) is 0 Å². The van der Waals surface area contributed by atoms with Crippen molar-refractivity contribution in [2.45, 2.75) is 12.6 Å². The fourth-order valence-electron chi connectivity index (χ4n) is 2.32. The van der Waals surface area contributed by atoms with Crippen molar-refractivity contribution in [2.24, 2.45) is 5.73 Å².